The third kappa shape index (κ3) is 2.41. The van der Waals surface area contributed by atoms with Crippen molar-refractivity contribution in [3.63, 3.8) is 0 Å². The summed E-state index contributed by atoms with van der Waals surface area (Å²) in [7, 11) is 0. The van der Waals surface area contributed by atoms with Crippen LogP contribution in [0.4, 0.5) is 0 Å². The van der Waals surface area contributed by atoms with Gasteiger partial charge in [0.25, 0.3) is 0 Å². The van der Waals surface area contributed by atoms with E-state index in [4.69, 9.17) is 4.74 Å². The quantitative estimate of drug-likeness (QED) is 0.881. The molecule has 3 nitrogen and oxygen atoms in total. The number of benzene rings is 1. The Morgan fingerprint density at radius 3 is 2.71 bits per heavy atom. The fraction of sp³-hybridized carbons (Fsp3) is 0.417. The minimum atomic E-state index is -0.820. The minimum absolute atomic E-state index is 0.290. The Bertz CT molecular complexity index is 464. The number of halogens is 2. The molecule has 0 radical (unpaired) electrons. The van der Waals surface area contributed by atoms with Crippen LogP contribution in [0, 0.1) is 16.7 Å². The lowest BCUT2D eigenvalue weighted by Crippen LogP contribution is -2.27. The molecule has 0 aromatic heterocycles. The predicted octanol–water partition coefficient (Wildman–Crippen LogP) is 3.18. The first kappa shape index (κ1) is 13.0. The smallest absolute Gasteiger partial charge is 0.113 e. The van der Waals surface area contributed by atoms with Gasteiger partial charge in [-0.2, -0.15) is 5.26 Å². The molecule has 1 aromatic rings. The van der Waals surface area contributed by atoms with Crippen molar-refractivity contribution in [2.45, 2.75) is 12.5 Å². The highest BCUT2D eigenvalue weighted by molar-refractivity contribution is 9.13. The summed E-state index contributed by atoms with van der Waals surface area (Å²) >= 11 is 6.76. The van der Waals surface area contributed by atoms with E-state index in [-0.39, 0.29) is 0 Å². The SMILES string of the molecule is N#CC1(C(O)c2ccc(Br)c(Br)c2)CCOC1. The average molecular weight is 361 g/mol. The molecule has 1 aliphatic heterocycles. The number of hydrogen-bond acceptors (Lipinski definition) is 3. The van der Waals surface area contributed by atoms with Crippen LogP contribution in [0.2, 0.25) is 0 Å². The summed E-state index contributed by atoms with van der Waals surface area (Å²) in [5, 5.41) is 19.6. The zero-order valence-corrected chi connectivity index (χ0v) is 12.2. The van der Waals surface area contributed by atoms with Crippen molar-refractivity contribution in [3.05, 3.63) is 32.7 Å². The third-order valence-corrected chi connectivity index (χ3v) is 4.94. The van der Waals surface area contributed by atoms with Gasteiger partial charge in [-0.3, -0.25) is 0 Å². The highest BCUT2D eigenvalue weighted by Crippen LogP contribution is 2.41. The molecule has 0 aliphatic carbocycles. The Morgan fingerprint density at radius 2 is 2.18 bits per heavy atom. The van der Waals surface area contributed by atoms with Gasteiger partial charge in [0.15, 0.2) is 0 Å². The molecule has 1 saturated heterocycles. The van der Waals surface area contributed by atoms with Gasteiger partial charge in [-0.1, -0.05) is 6.07 Å². The van der Waals surface area contributed by atoms with E-state index < -0.39 is 11.5 Å². The third-order valence-electron chi connectivity index (χ3n) is 3.06. The monoisotopic (exact) mass is 359 g/mol. The van der Waals surface area contributed by atoms with Crippen LogP contribution in [0.5, 0.6) is 0 Å². The van der Waals surface area contributed by atoms with Crippen molar-refractivity contribution < 1.29 is 9.84 Å². The van der Waals surface area contributed by atoms with E-state index in [1.165, 1.54) is 0 Å². The number of hydrogen-bond donors (Lipinski definition) is 1. The maximum absolute atomic E-state index is 10.3. The molecule has 5 heteroatoms. The van der Waals surface area contributed by atoms with Gasteiger partial charge in [-0.25, -0.2) is 0 Å². The zero-order valence-electron chi connectivity index (χ0n) is 8.99. The Morgan fingerprint density at radius 1 is 1.41 bits per heavy atom. The Kier molecular flexibility index (Phi) is 3.88. The number of aliphatic hydroxyl groups is 1. The maximum Gasteiger partial charge on any atom is 0.113 e. The van der Waals surface area contributed by atoms with Gasteiger partial charge in [0, 0.05) is 15.6 Å². The maximum atomic E-state index is 10.3. The van der Waals surface area contributed by atoms with Crippen LogP contribution in [0.25, 0.3) is 0 Å². The summed E-state index contributed by atoms with van der Waals surface area (Å²) in [6.45, 7) is 0.820. The molecule has 1 aromatic carbocycles. The highest BCUT2D eigenvalue weighted by Gasteiger charge is 2.43. The first-order valence-electron chi connectivity index (χ1n) is 5.21. The summed E-state index contributed by atoms with van der Waals surface area (Å²) in [6, 6.07) is 7.70. The minimum Gasteiger partial charge on any atom is -0.387 e. The fourth-order valence-corrected chi connectivity index (χ4v) is 2.59. The zero-order chi connectivity index (χ0) is 12.5. The molecule has 90 valence electrons. The van der Waals surface area contributed by atoms with Gasteiger partial charge in [-0.15, -0.1) is 0 Å². The van der Waals surface area contributed by atoms with E-state index >= 15 is 0 Å². The second-order valence-electron chi connectivity index (χ2n) is 4.15. The Hall–Kier alpha value is -0.410. The molecule has 0 saturated carbocycles. The Labute approximate surface area is 117 Å². The average Bonchev–Trinajstić information content (AvgIpc) is 2.81. The molecule has 1 N–H and O–H groups in total. The number of rotatable bonds is 2. The molecule has 2 rings (SSSR count). The molecular weight excluding hydrogens is 350 g/mol. The van der Waals surface area contributed by atoms with Crippen molar-refractivity contribution in [3.8, 4) is 6.07 Å². The lowest BCUT2D eigenvalue weighted by atomic mass is 9.80. The number of nitriles is 1. The molecule has 1 aliphatic rings. The summed E-state index contributed by atoms with van der Waals surface area (Å²) in [6.07, 6.45) is -0.252. The number of aliphatic hydroxyl groups excluding tert-OH is 1. The van der Waals surface area contributed by atoms with Crippen molar-refractivity contribution >= 4 is 31.9 Å². The lowest BCUT2D eigenvalue weighted by Gasteiger charge is -2.25. The molecule has 0 bridgehead atoms. The summed E-state index contributed by atoms with van der Waals surface area (Å²) in [5.74, 6) is 0. The molecule has 0 spiro atoms. The van der Waals surface area contributed by atoms with E-state index in [1.807, 2.05) is 18.2 Å². The van der Waals surface area contributed by atoms with Crippen LogP contribution in [-0.4, -0.2) is 18.3 Å². The van der Waals surface area contributed by atoms with Gasteiger partial charge in [0.05, 0.1) is 18.8 Å². The number of ether oxygens (including phenoxy) is 1. The summed E-state index contributed by atoms with van der Waals surface area (Å²) in [5.41, 5.74) is -0.0834. The summed E-state index contributed by atoms with van der Waals surface area (Å²) < 4.78 is 7.03. The van der Waals surface area contributed by atoms with E-state index in [0.717, 1.165) is 14.5 Å². The first-order valence-corrected chi connectivity index (χ1v) is 6.80. The van der Waals surface area contributed by atoms with E-state index in [2.05, 4.69) is 37.9 Å². The molecule has 2 atom stereocenters. The predicted molar refractivity (Wildman–Crippen MR) is 70.3 cm³/mol. The molecule has 17 heavy (non-hydrogen) atoms. The largest absolute Gasteiger partial charge is 0.387 e. The van der Waals surface area contributed by atoms with Gasteiger partial charge in [0.2, 0.25) is 0 Å². The molecule has 1 fully saturated rings. The van der Waals surface area contributed by atoms with Crippen LogP contribution in [0.3, 0.4) is 0 Å². The van der Waals surface area contributed by atoms with Crippen molar-refractivity contribution in [2.75, 3.05) is 13.2 Å². The van der Waals surface area contributed by atoms with Crippen LogP contribution in [-0.2, 0) is 4.74 Å². The van der Waals surface area contributed by atoms with Gasteiger partial charge >= 0.3 is 0 Å². The topological polar surface area (TPSA) is 53.2 Å². The van der Waals surface area contributed by atoms with Crippen molar-refractivity contribution in [2.24, 2.45) is 5.41 Å². The molecule has 0 amide bonds. The van der Waals surface area contributed by atoms with E-state index in [1.54, 1.807) is 0 Å². The van der Waals surface area contributed by atoms with Crippen molar-refractivity contribution in [1.82, 2.24) is 0 Å². The molecule has 2 unspecified atom stereocenters. The van der Waals surface area contributed by atoms with Gasteiger partial charge in [-0.05, 0) is 56.0 Å². The standard InChI is InChI=1S/C12H11Br2NO2/c13-9-2-1-8(5-10(9)14)11(16)12(6-15)3-4-17-7-12/h1-2,5,11,16H,3-4,7H2. The first-order chi connectivity index (χ1) is 8.09. The molecule has 1 heterocycles. The van der Waals surface area contributed by atoms with E-state index in [9.17, 15) is 10.4 Å². The van der Waals surface area contributed by atoms with E-state index in [0.29, 0.717) is 19.6 Å². The van der Waals surface area contributed by atoms with Crippen LogP contribution >= 0.6 is 31.9 Å². The van der Waals surface area contributed by atoms with Gasteiger partial charge in [0.1, 0.15) is 5.41 Å². The Balaban J connectivity index is 2.33. The van der Waals surface area contributed by atoms with Crippen LogP contribution in [0.1, 0.15) is 18.1 Å². The van der Waals surface area contributed by atoms with Crippen LogP contribution < -0.4 is 0 Å². The highest BCUT2D eigenvalue weighted by atomic mass is 79.9. The second-order valence-corrected chi connectivity index (χ2v) is 5.86. The van der Waals surface area contributed by atoms with Crippen molar-refractivity contribution in [1.29, 1.82) is 5.26 Å². The molecular formula is C12H11Br2NO2. The number of nitrogens with zero attached hydrogens (tertiary/aromatic N) is 1. The lowest BCUT2D eigenvalue weighted by molar-refractivity contribution is 0.0503. The normalized spacial score (nSPS) is 25.5. The van der Waals surface area contributed by atoms with Gasteiger partial charge < -0.3 is 9.84 Å². The van der Waals surface area contributed by atoms with Crippen LogP contribution in [0.15, 0.2) is 27.1 Å². The fourth-order valence-electron chi connectivity index (χ4n) is 1.95. The summed E-state index contributed by atoms with van der Waals surface area (Å²) in [4.78, 5) is 0. The second kappa shape index (κ2) is 5.07.